The molecular weight excluding hydrogens is 347 g/mol. The average molecular weight is 365 g/mol. The van der Waals surface area contributed by atoms with Gasteiger partial charge in [-0.2, -0.15) is 13.2 Å². The summed E-state index contributed by atoms with van der Waals surface area (Å²) in [5, 5.41) is 2.67. The molecule has 0 atom stereocenters. The Bertz CT molecular complexity index is 728. The first-order chi connectivity index (χ1) is 12.3. The zero-order valence-electron chi connectivity index (χ0n) is 13.9. The first kappa shape index (κ1) is 19.5. The first-order valence-electron chi connectivity index (χ1n) is 7.97. The van der Waals surface area contributed by atoms with Gasteiger partial charge in [-0.1, -0.05) is 42.5 Å². The predicted octanol–water partition coefficient (Wildman–Crippen LogP) is 3.91. The number of hydrogen-bond donors (Lipinski definition) is 1. The van der Waals surface area contributed by atoms with E-state index < -0.39 is 12.8 Å². The summed E-state index contributed by atoms with van der Waals surface area (Å²) in [5.41, 5.74) is 1.28. The van der Waals surface area contributed by atoms with Gasteiger partial charge in [0.05, 0.1) is 0 Å². The Balaban J connectivity index is 1.72. The first-order valence-corrected chi connectivity index (χ1v) is 7.97. The standard InChI is InChI=1S/C19H18F3NO3/c20-19(21,22)13-26-16-8-6-14(7-9-16)12-23-18(25)11-10-17(24)15-4-2-1-3-5-15/h1-9H,10-13H2,(H,23,25). The van der Waals surface area contributed by atoms with Crippen molar-refractivity contribution in [2.24, 2.45) is 0 Å². The monoisotopic (exact) mass is 365 g/mol. The molecule has 26 heavy (non-hydrogen) atoms. The van der Waals surface area contributed by atoms with E-state index in [4.69, 9.17) is 0 Å². The van der Waals surface area contributed by atoms with Crippen LogP contribution in [0.5, 0.6) is 5.75 Å². The number of nitrogens with one attached hydrogen (secondary N) is 1. The van der Waals surface area contributed by atoms with Gasteiger partial charge in [0.15, 0.2) is 12.4 Å². The Kier molecular flexibility index (Phi) is 6.77. The van der Waals surface area contributed by atoms with E-state index in [9.17, 15) is 22.8 Å². The Hall–Kier alpha value is -2.83. The highest BCUT2D eigenvalue weighted by atomic mass is 19.4. The largest absolute Gasteiger partial charge is 0.484 e. The van der Waals surface area contributed by atoms with Crippen molar-refractivity contribution in [2.75, 3.05) is 6.61 Å². The van der Waals surface area contributed by atoms with Crippen molar-refractivity contribution in [2.45, 2.75) is 25.6 Å². The molecule has 0 aliphatic rings. The van der Waals surface area contributed by atoms with E-state index in [1.54, 1.807) is 36.4 Å². The molecule has 1 amide bonds. The topological polar surface area (TPSA) is 55.4 Å². The van der Waals surface area contributed by atoms with Gasteiger partial charge < -0.3 is 10.1 Å². The fourth-order valence-electron chi connectivity index (χ4n) is 2.15. The number of carbonyl (C=O) groups is 2. The molecule has 0 spiro atoms. The van der Waals surface area contributed by atoms with E-state index >= 15 is 0 Å². The highest BCUT2D eigenvalue weighted by Crippen LogP contribution is 2.18. The van der Waals surface area contributed by atoms with Crippen LogP contribution in [0.4, 0.5) is 13.2 Å². The van der Waals surface area contributed by atoms with Crippen molar-refractivity contribution < 1.29 is 27.5 Å². The van der Waals surface area contributed by atoms with Crippen molar-refractivity contribution in [1.29, 1.82) is 0 Å². The Labute approximate surface area is 149 Å². The van der Waals surface area contributed by atoms with Crippen molar-refractivity contribution in [3.8, 4) is 5.75 Å². The summed E-state index contributed by atoms with van der Waals surface area (Å²) >= 11 is 0. The Morgan fingerprint density at radius 3 is 2.19 bits per heavy atom. The van der Waals surface area contributed by atoms with Crippen LogP contribution in [0.2, 0.25) is 0 Å². The quantitative estimate of drug-likeness (QED) is 0.722. The molecule has 0 radical (unpaired) electrons. The van der Waals surface area contributed by atoms with E-state index in [1.807, 2.05) is 6.07 Å². The van der Waals surface area contributed by atoms with Crippen molar-refractivity contribution in [3.63, 3.8) is 0 Å². The summed E-state index contributed by atoms with van der Waals surface area (Å²) in [6.07, 6.45) is -4.20. The molecule has 0 saturated carbocycles. The number of hydrogen-bond acceptors (Lipinski definition) is 3. The summed E-state index contributed by atoms with van der Waals surface area (Å²) in [6.45, 7) is -1.13. The molecular formula is C19H18F3NO3. The molecule has 2 aromatic rings. The highest BCUT2D eigenvalue weighted by molar-refractivity contribution is 5.97. The molecule has 0 fully saturated rings. The van der Waals surface area contributed by atoms with Gasteiger partial charge in [-0.25, -0.2) is 0 Å². The summed E-state index contributed by atoms with van der Waals surface area (Å²) in [6, 6.07) is 14.7. The van der Waals surface area contributed by atoms with Crippen LogP contribution in [0.3, 0.4) is 0 Å². The number of carbonyl (C=O) groups excluding carboxylic acids is 2. The molecule has 2 rings (SSSR count). The van der Waals surface area contributed by atoms with Gasteiger partial charge in [-0.05, 0) is 17.7 Å². The lowest BCUT2D eigenvalue weighted by Crippen LogP contribution is -2.23. The summed E-state index contributed by atoms with van der Waals surface area (Å²) in [4.78, 5) is 23.7. The number of halogens is 3. The highest BCUT2D eigenvalue weighted by Gasteiger charge is 2.28. The molecule has 0 aliphatic carbocycles. The van der Waals surface area contributed by atoms with E-state index in [0.717, 1.165) is 0 Å². The number of alkyl halides is 3. The van der Waals surface area contributed by atoms with Gasteiger partial charge in [-0.15, -0.1) is 0 Å². The maximum atomic E-state index is 12.1. The third-order valence-electron chi connectivity index (χ3n) is 3.49. The lowest BCUT2D eigenvalue weighted by Gasteiger charge is -2.10. The molecule has 0 heterocycles. The van der Waals surface area contributed by atoms with Crippen LogP contribution in [-0.2, 0) is 11.3 Å². The van der Waals surface area contributed by atoms with Crippen molar-refractivity contribution in [3.05, 3.63) is 65.7 Å². The average Bonchev–Trinajstić information content (AvgIpc) is 2.63. The summed E-state index contributed by atoms with van der Waals surface area (Å²) in [5.74, 6) is -0.274. The zero-order chi connectivity index (χ0) is 19.0. The van der Waals surface area contributed by atoms with Crippen LogP contribution >= 0.6 is 0 Å². The van der Waals surface area contributed by atoms with Crippen LogP contribution in [0.1, 0.15) is 28.8 Å². The lowest BCUT2D eigenvalue weighted by molar-refractivity contribution is -0.153. The van der Waals surface area contributed by atoms with Crippen LogP contribution in [0, 0.1) is 0 Å². The van der Waals surface area contributed by atoms with E-state index in [2.05, 4.69) is 10.1 Å². The number of benzene rings is 2. The van der Waals surface area contributed by atoms with Crippen molar-refractivity contribution in [1.82, 2.24) is 5.32 Å². The van der Waals surface area contributed by atoms with Crippen LogP contribution in [-0.4, -0.2) is 24.5 Å². The second kappa shape index (κ2) is 9.03. The van der Waals surface area contributed by atoms with Gasteiger partial charge >= 0.3 is 6.18 Å². The minimum absolute atomic E-state index is 0.0699. The minimum atomic E-state index is -4.39. The van der Waals surface area contributed by atoms with Crippen LogP contribution in [0.15, 0.2) is 54.6 Å². The van der Waals surface area contributed by atoms with Crippen LogP contribution in [0.25, 0.3) is 0 Å². The minimum Gasteiger partial charge on any atom is -0.484 e. The molecule has 1 N–H and O–H groups in total. The third-order valence-corrected chi connectivity index (χ3v) is 3.49. The van der Waals surface area contributed by atoms with Gasteiger partial charge in [0, 0.05) is 24.9 Å². The summed E-state index contributed by atoms with van der Waals surface area (Å²) < 4.78 is 40.8. The molecule has 4 nitrogen and oxygen atoms in total. The number of ether oxygens (including phenoxy) is 1. The van der Waals surface area contributed by atoms with Crippen LogP contribution < -0.4 is 10.1 Å². The third kappa shape index (κ3) is 6.96. The number of Topliss-reactive ketones (excluding diaryl/α,β-unsaturated/α-hetero) is 1. The van der Waals surface area contributed by atoms with Crippen molar-refractivity contribution >= 4 is 11.7 Å². The van der Waals surface area contributed by atoms with Gasteiger partial charge in [0.1, 0.15) is 5.75 Å². The molecule has 0 aromatic heterocycles. The normalized spacial score (nSPS) is 11.0. The number of rotatable bonds is 8. The van der Waals surface area contributed by atoms with E-state index in [1.165, 1.54) is 12.1 Å². The SMILES string of the molecule is O=C(CCC(=O)c1ccccc1)NCc1ccc(OCC(F)(F)F)cc1. The van der Waals surface area contributed by atoms with E-state index in [0.29, 0.717) is 11.1 Å². The number of amides is 1. The van der Waals surface area contributed by atoms with E-state index in [-0.39, 0.29) is 36.8 Å². The molecule has 0 saturated heterocycles. The predicted molar refractivity (Wildman–Crippen MR) is 89.8 cm³/mol. The Morgan fingerprint density at radius 1 is 0.923 bits per heavy atom. The van der Waals surface area contributed by atoms with Gasteiger partial charge in [0.25, 0.3) is 0 Å². The van der Waals surface area contributed by atoms with Gasteiger partial charge in [0.2, 0.25) is 5.91 Å². The van der Waals surface area contributed by atoms with Gasteiger partial charge in [-0.3, -0.25) is 9.59 Å². The second-order valence-corrected chi connectivity index (χ2v) is 5.61. The fourth-order valence-corrected chi connectivity index (χ4v) is 2.15. The smallest absolute Gasteiger partial charge is 0.422 e. The molecule has 0 aliphatic heterocycles. The zero-order valence-corrected chi connectivity index (χ0v) is 13.9. The Morgan fingerprint density at radius 2 is 1.58 bits per heavy atom. The molecule has 2 aromatic carbocycles. The fraction of sp³-hybridized carbons (Fsp3) is 0.263. The maximum absolute atomic E-state index is 12.1. The molecule has 138 valence electrons. The second-order valence-electron chi connectivity index (χ2n) is 5.61. The maximum Gasteiger partial charge on any atom is 0.422 e. The summed E-state index contributed by atoms with van der Waals surface area (Å²) in [7, 11) is 0. The number of ketones is 1. The molecule has 7 heteroatoms. The lowest BCUT2D eigenvalue weighted by atomic mass is 10.1. The molecule has 0 unspecified atom stereocenters. The molecule has 0 bridgehead atoms.